The number of piperidine rings is 1. The number of rotatable bonds is 4. The van der Waals surface area contributed by atoms with E-state index in [9.17, 15) is 9.59 Å². The molecule has 1 fully saturated rings. The Morgan fingerprint density at radius 1 is 1.10 bits per heavy atom. The predicted octanol–water partition coefficient (Wildman–Crippen LogP) is 3.16. The summed E-state index contributed by atoms with van der Waals surface area (Å²) in [6.45, 7) is 5.07. The van der Waals surface area contributed by atoms with Crippen molar-refractivity contribution in [1.82, 2.24) is 24.9 Å². The van der Waals surface area contributed by atoms with Crippen LogP contribution in [0.5, 0.6) is 0 Å². The molecule has 1 saturated heterocycles. The fourth-order valence-corrected chi connectivity index (χ4v) is 4.06. The molecule has 4 rings (SSSR count). The number of aryl methyl sites for hydroxylation is 2. The van der Waals surface area contributed by atoms with E-state index in [-0.39, 0.29) is 17.6 Å². The van der Waals surface area contributed by atoms with Crippen LogP contribution >= 0.6 is 0 Å². The second-order valence-electron chi connectivity index (χ2n) is 7.63. The summed E-state index contributed by atoms with van der Waals surface area (Å²) in [6, 6.07) is 11.2. The molecule has 7 nitrogen and oxygen atoms in total. The van der Waals surface area contributed by atoms with E-state index in [1.54, 1.807) is 11.0 Å². The van der Waals surface area contributed by atoms with Crippen LogP contribution in [0.15, 0.2) is 36.4 Å². The van der Waals surface area contributed by atoms with E-state index >= 15 is 0 Å². The van der Waals surface area contributed by atoms with Gasteiger partial charge in [0.15, 0.2) is 5.78 Å². The Morgan fingerprint density at radius 3 is 2.41 bits per heavy atom. The molecule has 1 N–H and O–H groups in total. The first kappa shape index (κ1) is 19.1. The standard InChI is InChI=1S/C22H25N5O2/c1-14-20(15(2)26(3)25-14)18-13-19(24-23-18)22(29)27-11-9-17(10-12-27)21(28)16-7-5-4-6-8-16/h4-8,13,17H,9-12H2,1-3H3,(H,23,24). The first-order valence-corrected chi connectivity index (χ1v) is 9.90. The van der Waals surface area contributed by atoms with Crippen LogP contribution in [-0.4, -0.2) is 49.7 Å². The van der Waals surface area contributed by atoms with Gasteiger partial charge in [-0.05, 0) is 32.8 Å². The summed E-state index contributed by atoms with van der Waals surface area (Å²) >= 11 is 0. The van der Waals surface area contributed by atoms with E-state index in [1.807, 2.05) is 55.9 Å². The van der Waals surface area contributed by atoms with E-state index in [0.29, 0.717) is 31.6 Å². The van der Waals surface area contributed by atoms with E-state index in [2.05, 4.69) is 15.3 Å². The van der Waals surface area contributed by atoms with Gasteiger partial charge in [0.2, 0.25) is 0 Å². The third-order valence-electron chi connectivity index (χ3n) is 5.78. The molecule has 3 aromatic rings. The van der Waals surface area contributed by atoms with Crippen LogP contribution in [0, 0.1) is 19.8 Å². The minimum Gasteiger partial charge on any atom is -0.337 e. The molecule has 1 aromatic carbocycles. The summed E-state index contributed by atoms with van der Waals surface area (Å²) < 4.78 is 1.81. The Labute approximate surface area is 169 Å². The summed E-state index contributed by atoms with van der Waals surface area (Å²) in [4.78, 5) is 27.4. The fraction of sp³-hybridized carbons (Fsp3) is 0.364. The molecule has 2 aromatic heterocycles. The van der Waals surface area contributed by atoms with Gasteiger partial charge in [0.25, 0.3) is 5.91 Å². The zero-order chi connectivity index (χ0) is 20.5. The van der Waals surface area contributed by atoms with Crippen molar-refractivity contribution < 1.29 is 9.59 Å². The first-order chi connectivity index (χ1) is 14.0. The number of aromatic amines is 1. The third kappa shape index (κ3) is 3.60. The lowest BCUT2D eigenvalue weighted by Crippen LogP contribution is -2.40. The Bertz CT molecular complexity index is 1040. The maximum Gasteiger partial charge on any atom is 0.271 e. The van der Waals surface area contributed by atoms with E-state index in [0.717, 1.165) is 28.2 Å². The summed E-state index contributed by atoms with van der Waals surface area (Å²) in [5.41, 5.74) is 4.79. The Balaban J connectivity index is 1.43. The van der Waals surface area contributed by atoms with Crippen molar-refractivity contribution in [3.63, 3.8) is 0 Å². The minimum absolute atomic E-state index is 0.0283. The van der Waals surface area contributed by atoms with Crippen LogP contribution < -0.4 is 0 Å². The quantitative estimate of drug-likeness (QED) is 0.693. The Kier molecular flexibility index (Phi) is 5.05. The molecule has 0 spiro atoms. The maximum absolute atomic E-state index is 12.9. The second kappa shape index (κ2) is 7.66. The summed E-state index contributed by atoms with van der Waals surface area (Å²) in [5.74, 6) is 0.0667. The van der Waals surface area contributed by atoms with Gasteiger partial charge in [0.05, 0.1) is 11.4 Å². The lowest BCUT2D eigenvalue weighted by atomic mass is 9.89. The Hall–Kier alpha value is -3.22. The average Bonchev–Trinajstić information content (AvgIpc) is 3.32. The molecular formula is C22H25N5O2. The smallest absolute Gasteiger partial charge is 0.271 e. The van der Waals surface area contributed by atoms with Gasteiger partial charge in [0.1, 0.15) is 5.69 Å². The van der Waals surface area contributed by atoms with Gasteiger partial charge in [-0.3, -0.25) is 19.4 Å². The number of aromatic nitrogens is 4. The highest BCUT2D eigenvalue weighted by atomic mass is 16.2. The van der Waals surface area contributed by atoms with Crippen molar-refractivity contribution in [1.29, 1.82) is 0 Å². The number of carbonyl (C=O) groups is 2. The van der Waals surface area contributed by atoms with Crippen molar-refractivity contribution in [2.45, 2.75) is 26.7 Å². The number of nitrogens with zero attached hydrogens (tertiary/aromatic N) is 4. The number of likely N-dealkylation sites (tertiary alicyclic amines) is 1. The van der Waals surface area contributed by atoms with Gasteiger partial charge in [-0.2, -0.15) is 10.2 Å². The molecule has 150 valence electrons. The van der Waals surface area contributed by atoms with Crippen molar-refractivity contribution in [3.05, 3.63) is 59.0 Å². The molecule has 1 aliphatic heterocycles. The number of H-pyrrole nitrogens is 1. The number of nitrogens with one attached hydrogen (secondary N) is 1. The van der Waals surface area contributed by atoms with Gasteiger partial charge in [0, 0.05) is 42.9 Å². The molecule has 1 aliphatic rings. The molecular weight excluding hydrogens is 366 g/mol. The molecule has 1 amide bonds. The maximum atomic E-state index is 12.9. The normalized spacial score (nSPS) is 14.9. The molecule has 0 aliphatic carbocycles. The zero-order valence-electron chi connectivity index (χ0n) is 17.0. The van der Waals surface area contributed by atoms with Crippen LogP contribution in [-0.2, 0) is 7.05 Å². The monoisotopic (exact) mass is 391 g/mol. The molecule has 7 heteroatoms. The van der Waals surface area contributed by atoms with Crippen molar-refractivity contribution in [2.75, 3.05) is 13.1 Å². The van der Waals surface area contributed by atoms with E-state index in [4.69, 9.17) is 0 Å². The number of amides is 1. The first-order valence-electron chi connectivity index (χ1n) is 9.90. The van der Waals surface area contributed by atoms with Crippen LogP contribution in [0.25, 0.3) is 11.3 Å². The molecule has 3 heterocycles. The molecule has 0 unspecified atom stereocenters. The lowest BCUT2D eigenvalue weighted by molar-refractivity contribution is 0.0645. The average molecular weight is 391 g/mol. The van der Waals surface area contributed by atoms with Crippen LogP contribution in [0.2, 0.25) is 0 Å². The third-order valence-corrected chi connectivity index (χ3v) is 5.78. The highest BCUT2D eigenvalue weighted by molar-refractivity contribution is 5.98. The van der Waals surface area contributed by atoms with E-state index in [1.165, 1.54) is 0 Å². The minimum atomic E-state index is -0.0754. The van der Waals surface area contributed by atoms with Crippen LogP contribution in [0.1, 0.15) is 45.1 Å². The van der Waals surface area contributed by atoms with Crippen molar-refractivity contribution in [3.8, 4) is 11.3 Å². The van der Waals surface area contributed by atoms with Gasteiger partial charge < -0.3 is 4.90 Å². The molecule has 0 radical (unpaired) electrons. The number of hydrogen-bond acceptors (Lipinski definition) is 4. The topological polar surface area (TPSA) is 83.9 Å². The number of carbonyl (C=O) groups excluding carboxylic acids is 2. The second-order valence-corrected chi connectivity index (χ2v) is 7.63. The predicted molar refractivity (Wildman–Crippen MR) is 110 cm³/mol. The van der Waals surface area contributed by atoms with Crippen LogP contribution in [0.4, 0.5) is 0 Å². The molecule has 0 saturated carbocycles. The zero-order valence-corrected chi connectivity index (χ0v) is 17.0. The summed E-state index contributed by atoms with van der Waals surface area (Å²) in [6.07, 6.45) is 1.36. The lowest BCUT2D eigenvalue weighted by Gasteiger charge is -2.31. The van der Waals surface area contributed by atoms with Gasteiger partial charge >= 0.3 is 0 Å². The van der Waals surface area contributed by atoms with Crippen LogP contribution in [0.3, 0.4) is 0 Å². The highest BCUT2D eigenvalue weighted by Crippen LogP contribution is 2.27. The number of benzene rings is 1. The van der Waals surface area contributed by atoms with Gasteiger partial charge in [-0.25, -0.2) is 0 Å². The summed E-state index contributed by atoms with van der Waals surface area (Å²) in [5, 5.41) is 11.6. The van der Waals surface area contributed by atoms with Crippen molar-refractivity contribution >= 4 is 11.7 Å². The number of ketones is 1. The highest BCUT2D eigenvalue weighted by Gasteiger charge is 2.29. The molecule has 29 heavy (non-hydrogen) atoms. The van der Waals surface area contributed by atoms with Crippen molar-refractivity contribution in [2.24, 2.45) is 13.0 Å². The molecule has 0 atom stereocenters. The number of Topliss-reactive ketones (excluding diaryl/α,β-unsaturated/α-hetero) is 1. The number of hydrogen-bond donors (Lipinski definition) is 1. The fourth-order valence-electron chi connectivity index (χ4n) is 4.06. The largest absolute Gasteiger partial charge is 0.337 e. The van der Waals surface area contributed by atoms with Gasteiger partial charge in [-0.15, -0.1) is 0 Å². The van der Waals surface area contributed by atoms with E-state index < -0.39 is 0 Å². The SMILES string of the molecule is Cc1nn(C)c(C)c1-c1cc(C(=O)N2CCC(C(=O)c3ccccc3)CC2)[nH]n1. The van der Waals surface area contributed by atoms with Gasteiger partial charge in [-0.1, -0.05) is 30.3 Å². The summed E-state index contributed by atoms with van der Waals surface area (Å²) in [7, 11) is 1.89. The molecule has 0 bridgehead atoms. The Morgan fingerprint density at radius 2 is 1.79 bits per heavy atom.